The standard InChI is InChI=1S/C19H15F2N5/c1-11-5-3-6-12(9-11)17-24-18(16-19(25-17)26(2)10-22-16)23-15-13(20)7-4-8-14(15)21/h3-10H,1-2H3,(H,23,24,25). The van der Waals surface area contributed by atoms with Crippen molar-refractivity contribution in [3.63, 3.8) is 0 Å². The third-order valence-corrected chi connectivity index (χ3v) is 4.04. The first-order valence-electron chi connectivity index (χ1n) is 8.00. The van der Waals surface area contributed by atoms with Crippen LogP contribution in [0.5, 0.6) is 0 Å². The largest absolute Gasteiger partial charge is 0.333 e. The summed E-state index contributed by atoms with van der Waals surface area (Å²) in [7, 11) is 1.80. The number of imidazole rings is 1. The van der Waals surface area contributed by atoms with E-state index in [4.69, 9.17) is 0 Å². The van der Waals surface area contributed by atoms with Crippen LogP contribution in [0.1, 0.15) is 5.56 Å². The van der Waals surface area contributed by atoms with Crippen LogP contribution in [-0.4, -0.2) is 19.5 Å². The van der Waals surface area contributed by atoms with Gasteiger partial charge in [-0.05, 0) is 25.1 Å². The number of nitrogens with zero attached hydrogens (tertiary/aromatic N) is 4. The topological polar surface area (TPSA) is 55.6 Å². The van der Waals surface area contributed by atoms with Gasteiger partial charge in [-0.1, -0.05) is 29.8 Å². The van der Waals surface area contributed by atoms with Crippen LogP contribution in [0.15, 0.2) is 48.8 Å². The summed E-state index contributed by atoms with van der Waals surface area (Å²) in [6.45, 7) is 1.97. The van der Waals surface area contributed by atoms with Crippen LogP contribution in [-0.2, 0) is 7.05 Å². The minimum atomic E-state index is -0.704. The number of aromatic nitrogens is 4. The molecule has 7 heteroatoms. The summed E-state index contributed by atoms with van der Waals surface area (Å²) in [4.78, 5) is 13.3. The maximum absolute atomic E-state index is 14.0. The number of hydrogen-bond acceptors (Lipinski definition) is 4. The Balaban J connectivity index is 1.91. The summed E-state index contributed by atoms with van der Waals surface area (Å²) >= 11 is 0. The maximum Gasteiger partial charge on any atom is 0.165 e. The molecule has 4 aromatic rings. The number of rotatable bonds is 3. The highest BCUT2D eigenvalue weighted by Crippen LogP contribution is 2.28. The number of benzene rings is 2. The van der Waals surface area contributed by atoms with Gasteiger partial charge in [0.15, 0.2) is 22.8 Å². The number of nitrogens with one attached hydrogen (secondary N) is 1. The Kier molecular flexibility index (Phi) is 3.84. The summed E-state index contributed by atoms with van der Waals surface area (Å²) < 4.78 is 29.8. The van der Waals surface area contributed by atoms with Crippen LogP contribution < -0.4 is 5.32 Å². The molecule has 2 heterocycles. The first-order valence-corrected chi connectivity index (χ1v) is 8.00. The quantitative estimate of drug-likeness (QED) is 0.596. The van der Waals surface area contributed by atoms with Crippen LogP contribution >= 0.6 is 0 Å². The van der Waals surface area contributed by atoms with E-state index in [0.717, 1.165) is 11.1 Å². The molecule has 0 aliphatic carbocycles. The molecular formula is C19H15F2N5. The molecule has 0 saturated heterocycles. The van der Waals surface area contributed by atoms with E-state index in [1.54, 1.807) is 17.9 Å². The van der Waals surface area contributed by atoms with Crippen molar-refractivity contribution in [3.8, 4) is 11.4 Å². The zero-order chi connectivity index (χ0) is 18.3. The highest BCUT2D eigenvalue weighted by molar-refractivity contribution is 5.87. The van der Waals surface area contributed by atoms with Gasteiger partial charge in [-0.15, -0.1) is 0 Å². The summed E-state index contributed by atoms with van der Waals surface area (Å²) in [5, 5.41) is 2.74. The number of halogens is 2. The molecule has 0 amide bonds. The molecule has 5 nitrogen and oxygen atoms in total. The Morgan fingerprint density at radius 3 is 2.46 bits per heavy atom. The number of fused-ring (bicyclic) bond motifs is 1. The van der Waals surface area contributed by atoms with E-state index in [1.165, 1.54) is 18.2 Å². The summed E-state index contributed by atoms with van der Waals surface area (Å²) in [5.41, 5.74) is 2.60. The van der Waals surface area contributed by atoms with Gasteiger partial charge in [0.2, 0.25) is 0 Å². The Labute approximate surface area is 148 Å². The van der Waals surface area contributed by atoms with Crippen molar-refractivity contribution >= 4 is 22.7 Å². The lowest BCUT2D eigenvalue weighted by Crippen LogP contribution is -2.03. The fourth-order valence-electron chi connectivity index (χ4n) is 2.74. The second-order valence-electron chi connectivity index (χ2n) is 6.01. The van der Waals surface area contributed by atoms with Crippen molar-refractivity contribution < 1.29 is 8.78 Å². The molecule has 0 spiro atoms. The van der Waals surface area contributed by atoms with Gasteiger partial charge in [0.05, 0.1) is 6.33 Å². The number of para-hydroxylation sites is 1. The minimum Gasteiger partial charge on any atom is -0.333 e. The van der Waals surface area contributed by atoms with Crippen LogP contribution in [0.2, 0.25) is 0 Å². The van der Waals surface area contributed by atoms with Gasteiger partial charge in [-0.3, -0.25) is 0 Å². The lowest BCUT2D eigenvalue weighted by atomic mass is 10.1. The Bertz CT molecular complexity index is 1100. The molecule has 0 aliphatic rings. The van der Waals surface area contributed by atoms with Crippen LogP contribution in [0.25, 0.3) is 22.6 Å². The van der Waals surface area contributed by atoms with Crippen molar-refractivity contribution in [2.45, 2.75) is 6.92 Å². The maximum atomic E-state index is 14.0. The number of hydrogen-bond donors (Lipinski definition) is 1. The predicted molar refractivity (Wildman–Crippen MR) is 96.1 cm³/mol. The van der Waals surface area contributed by atoms with E-state index in [1.807, 2.05) is 31.2 Å². The van der Waals surface area contributed by atoms with Crippen molar-refractivity contribution in [1.82, 2.24) is 19.5 Å². The average Bonchev–Trinajstić information content (AvgIpc) is 2.99. The van der Waals surface area contributed by atoms with Crippen molar-refractivity contribution in [2.24, 2.45) is 7.05 Å². The highest BCUT2D eigenvalue weighted by atomic mass is 19.1. The average molecular weight is 351 g/mol. The van der Waals surface area contributed by atoms with E-state index in [9.17, 15) is 8.78 Å². The van der Waals surface area contributed by atoms with Crippen LogP contribution in [0, 0.1) is 18.6 Å². The SMILES string of the molecule is Cc1cccc(-c2nc(Nc3c(F)cccc3F)c3ncn(C)c3n2)c1. The summed E-state index contributed by atoms with van der Waals surface area (Å²) in [6.07, 6.45) is 1.59. The Hall–Kier alpha value is -3.35. The zero-order valence-electron chi connectivity index (χ0n) is 14.2. The van der Waals surface area contributed by atoms with Crippen LogP contribution in [0.4, 0.5) is 20.3 Å². The lowest BCUT2D eigenvalue weighted by Gasteiger charge is -2.10. The Morgan fingerprint density at radius 2 is 1.73 bits per heavy atom. The zero-order valence-corrected chi connectivity index (χ0v) is 14.2. The molecule has 0 unspecified atom stereocenters. The molecule has 4 rings (SSSR count). The van der Waals surface area contributed by atoms with Crippen molar-refractivity contribution in [1.29, 1.82) is 0 Å². The highest BCUT2D eigenvalue weighted by Gasteiger charge is 2.16. The molecule has 26 heavy (non-hydrogen) atoms. The smallest absolute Gasteiger partial charge is 0.165 e. The molecule has 0 radical (unpaired) electrons. The van der Waals surface area contributed by atoms with Gasteiger partial charge in [0.1, 0.15) is 17.3 Å². The molecule has 0 bridgehead atoms. The molecule has 0 fully saturated rings. The van der Waals surface area contributed by atoms with Gasteiger partial charge in [0, 0.05) is 12.6 Å². The third-order valence-electron chi connectivity index (χ3n) is 4.04. The monoisotopic (exact) mass is 351 g/mol. The third kappa shape index (κ3) is 2.77. The molecular weight excluding hydrogens is 336 g/mol. The lowest BCUT2D eigenvalue weighted by molar-refractivity contribution is 0.590. The van der Waals surface area contributed by atoms with E-state index in [0.29, 0.717) is 17.0 Å². The van der Waals surface area contributed by atoms with Gasteiger partial charge < -0.3 is 9.88 Å². The van der Waals surface area contributed by atoms with E-state index >= 15 is 0 Å². The second-order valence-corrected chi connectivity index (χ2v) is 6.01. The second kappa shape index (κ2) is 6.18. The molecule has 2 aromatic carbocycles. The van der Waals surface area contributed by atoms with E-state index in [-0.39, 0.29) is 11.5 Å². The van der Waals surface area contributed by atoms with Gasteiger partial charge in [-0.25, -0.2) is 23.7 Å². The predicted octanol–water partition coefficient (Wildman–Crippen LogP) is 4.36. The summed E-state index contributed by atoms with van der Waals surface area (Å²) in [5.74, 6) is -0.713. The van der Waals surface area contributed by atoms with Gasteiger partial charge in [-0.2, -0.15) is 0 Å². The Morgan fingerprint density at radius 1 is 1.00 bits per heavy atom. The fraction of sp³-hybridized carbons (Fsp3) is 0.105. The van der Waals surface area contributed by atoms with E-state index in [2.05, 4.69) is 20.3 Å². The molecule has 1 N–H and O–H groups in total. The fourth-order valence-corrected chi connectivity index (χ4v) is 2.74. The number of anilines is 2. The number of aryl methyl sites for hydroxylation is 2. The van der Waals surface area contributed by atoms with Crippen LogP contribution in [0.3, 0.4) is 0 Å². The van der Waals surface area contributed by atoms with E-state index < -0.39 is 11.6 Å². The molecule has 0 saturated carbocycles. The van der Waals surface area contributed by atoms with Gasteiger partial charge in [0.25, 0.3) is 0 Å². The van der Waals surface area contributed by atoms with Crippen molar-refractivity contribution in [2.75, 3.05) is 5.32 Å². The first-order chi connectivity index (χ1) is 12.5. The molecule has 0 atom stereocenters. The minimum absolute atomic E-state index is 0.246. The van der Waals surface area contributed by atoms with Gasteiger partial charge >= 0.3 is 0 Å². The molecule has 2 aromatic heterocycles. The first kappa shape index (κ1) is 16.1. The molecule has 0 aliphatic heterocycles. The van der Waals surface area contributed by atoms with Crippen molar-refractivity contribution in [3.05, 3.63) is 66.0 Å². The normalized spacial score (nSPS) is 11.1. The molecule has 130 valence electrons. The summed E-state index contributed by atoms with van der Waals surface area (Å²) in [6, 6.07) is 11.4.